The monoisotopic (exact) mass is 275 g/mol. The maximum atomic E-state index is 4.40. The van der Waals surface area contributed by atoms with Crippen molar-refractivity contribution in [1.29, 1.82) is 0 Å². The average molecular weight is 275 g/mol. The van der Waals surface area contributed by atoms with Gasteiger partial charge >= 0.3 is 0 Å². The van der Waals surface area contributed by atoms with Crippen LogP contribution in [0.25, 0.3) is 0 Å². The van der Waals surface area contributed by atoms with Gasteiger partial charge in [-0.05, 0) is 45.7 Å². The van der Waals surface area contributed by atoms with Gasteiger partial charge in [-0.15, -0.1) is 0 Å². The summed E-state index contributed by atoms with van der Waals surface area (Å²) in [6, 6.07) is 2.70. The van der Waals surface area contributed by atoms with Gasteiger partial charge in [-0.3, -0.25) is 0 Å². The zero-order chi connectivity index (χ0) is 13.9. The highest BCUT2D eigenvalue weighted by Gasteiger charge is 2.32. The standard InChI is InChI=1S/C15H25N5/c1-19(2)13(12-5-6-12)10-16-14-9-15(18-11-17-14)20-7-3-4-8-20/h9,11-13H,3-8,10H2,1-2H3,(H,16,17,18). The molecule has 1 unspecified atom stereocenters. The van der Waals surface area contributed by atoms with Crippen molar-refractivity contribution in [1.82, 2.24) is 14.9 Å². The van der Waals surface area contributed by atoms with Gasteiger partial charge in [-0.25, -0.2) is 9.97 Å². The SMILES string of the molecule is CN(C)C(CNc1cc(N2CCCC2)ncn1)C1CC1. The molecule has 0 amide bonds. The Bertz CT molecular complexity index is 436. The fraction of sp³-hybridized carbons (Fsp3) is 0.733. The number of hydrogen-bond donors (Lipinski definition) is 1. The zero-order valence-corrected chi connectivity index (χ0v) is 12.5. The highest BCUT2D eigenvalue weighted by atomic mass is 15.2. The third-order valence-corrected chi connectivity index (χ3v) is 4.40. The molecule has 2 aliphatic rings. The van der Waals surface area contributed by atoms with Crippen LogP contribution in [0.15, 0.2) is 12.4 Å². The largest absolute Gasteiger partial charge is 0.368 e. The summed E-state index contributed by atoms with van der Waals surface area (Å²) in [5.74, 6) is 2.87. The summed E-state index contributed by atoms with van der Waals surface area (Å²) < 4.78 is 0. The lowest BCUT2D eigenvalue weighted by Crippen LogP contribution is -2.36. The van der Waals surface area contributed by atoms with E-state index in [9.17, 15) is 0 Å². The molecule has 1 N–H and O–H groups in total. The Morgan fingerprint density at radius 1 is 1.30 bits per heavy atom. The van der Waals surface area contributed by atoms with Crippen LogP contribution in [-0.2, 0) is 0 Å². The molecule has 1 aliphatic heterocycles. The maximum Gasteiger partial charge on any atom is 0.134 e. The van der Waals surface area contributed by atoms with E-state index in [2.05, 4.69) is 45.2 Å². The molecule has 2 fully saturated rings. The van der Waals surface area contributed by atoms with Crippen molar-refractivity contribution in [3.05, 3.63) is 12.4 Å². The van der Waals surface area contributed by atoms with E-state index in [0.717, 1.165) is 37.2 Å². The normalized spacial score (nSPS) is 20.4. The van der Waals surface area contributed by atoms with Gasteiger partial charge in [0.1, 0.15) is 18.0 Å². The molecule has 5 heteroatoms. The van der Waals surface area contributed by atoms with Gasteiger partial charge in [0.15, 0.2) is 0 Å². The lowest BCUT2D eigenvalue weighted by molar-refractivity contribution is 0.276. The summed E-state index contributed by atoms with van der Waals surface area (Å²) in [4.78, 5) is 13.4. The summed E-state index contributed by atoms with van der Waals surface area (Å²) in [6.07, 6.45) is 6.97. The van der Waals surface area contributed by atoms with Crippen LogP contribution in [0, 0.1) is 5.92 Å². The average Bonchev–Trinajstić information content (AvgIpc) is 3.12. The molecule has 2 heterocycles. The van der Waals surface area contributed by atoms with Crippen molar-refractivity contribution in [2.45, 2.75) is 31.7 Å². The fourth-order valence-electron chi connectivity index (χ4n) is 3.02. The summed E-state index contributed by atoms with van der Waals surface area (Å²) >= 11 is 0. The van der Waals surface area contributed by atoms with Crippen molar-refractivity contribution in [2.24, 2.45) is 5.92 Å². The number of nitrogens with one attached hydrogen (secondary N) is 1. The van der Waals surface area contributed by atoms with E-state index in [4.69, 9.17) is 0 Å². The molecule has 1 saturated carbocycles. The van der Waals surface area contributed by atoms with Gasteiger partial charge in [0.05, 0.1) is 0 Å². The van der Waals surface area contributed by atoms with E-state index in [1.165, 1.54) is 25.7 Å². The van der Waals surface area contributed by atoms with Crippen LogP contribution < -0.4 is 10.2 Å². The molecule has 0 spiro atoms. The van der Waals surface area contributed by atoms with Gasteiger partial charge < -0.3 is 15.1 Å². The zero-order valence-electron chi connectivity index (χ0n) is 12.5. The maximum absolute atomic E-state index is 4.40. The topological polar surface area (TPSA) is 44.3 Å². The summed E-state index contributed by atoms with van der Waals surface area (Å²) in [7, 11) is 4.33. The highest BCUT2D eigenvalue weighted by Crippen LogP contribution is 2.34. The lowest BCUT2D eigenvalue weighted by atomic mass is 10.1. The summed E-state index contributed by atoms with van der Waals surface area (Å²) in [6.45, 7) is 3.21. The molecular weight excluding hydrogens is 250 g/mol. The Hall–Kier alpha value is -1.36. The number of hydrogen-bond acceptors (Lipinski definition) is 5. The number of nitrogens with zero attached hydrogens (tertiary/aromatic N) is 4. The molecule has 1 atom stereocenters. The first kappa shape index (κ1) is 13.6. The molecule has 0 aromatic carbocycles. The van der Waals surface area contributed by atoms with E-state index < -0.39 is 0 Å². The van der Waals surface area contributed by atoms with Gasteiger partial charge in [-0.2, -0.15) is 0 Å². The number of likely N-dealkylation sites (N-methyl/N-ethyl adjacent to an activating group) is 1. The molecule has 0 bridgehead atoms. The summed E-state index contributed by atoms with van der Waals surface area (Å²) in [5.41, 5.74) is 0. The number of anilines is 2. The van der Waals surface area contributed by atoms with Gasteiger partial charge in [0.2, 0.25) is 0 Å². The molecule has 20 heavy (non-hydrogen) atoms. The molecule has 0 radical (unpaired) electrons. The van der Waals surface area contributed by atoms with Crippen LogP contribution in [0.5, 0.6) is 0 Å². The lowest BCUT2D eigenvalue weighted by Gasteiger charge is -2.25. The fourth-order valence-corrected chi connectivity index (χ4v) is 3.02. The predicted octanol–water partition coefficient (Wildman–Crippen LogP) is 1.83. The molecule has 5 nitrogen and oxygen atoms in total. The van der Waals surface area contributed by atoms with Crippen LogP contribution >= 0.6 is 0 Å². The Kier molecular flexibility index (Phi) is 4.05. The Balaban J connectivity index is 1.60. The van der Waals surface area contributed by atoms with E-state index >= 15 is 0 Å². The predicted molar refractivity (Wildman–Crippen MR) is 82.2 cm³/mol. The second-order valence-electron chi connectivity index (χ2n) is 6.20. The van der Waals surface area contributed by atoms with Crippen LogP contribution in [0.1, 0.15) is 25.7 Å². The second kappa shape index (κ2) is 5.95. The molecule has 1 aromatic rings. The molecule has 1 aliphatic carbocycles. The molecule has 1 saturated heterocycles. The minimum absolute atomic E-state index is 0.611. The molecule has 1 aromatic heterocycles. The van der Waals surface area contributed by atoms with Crippen molar-refractivity contribution in [3.8, 4) is 0 Å². The van der Waals surface area contributed by atoms with Crippen LogP contribution in [-0.4, -0.2) is 54.6 Å². The van der Waals surface area contributed by atoms with Crippen LogP contribution in [0.2, 0.25) is 0 Å². The molecular formula is C15H25N5. The van der Waals surface area contributed by atoms with E-state index in [0.29, 0.717) is 6.04 Å². The smallest absolute Gasteiger partial charge is 0.134 e. The third-order valence-electron chi connectivity index (χ3n) is 4.40. The minimum atomic E-state index is 0.611. The highest BCUT2D eigenvalue weighted by molar-refractivity contribution is 5.49. The minimum Gasteiger partial charge on any atom is -0.368 e. The molecule has 3 rings (SSSR count). The van der Waals surface area contributed by atoms with Gasteiger partial charge in [-0.1, -0.05) is 0 Å². The van der Waals surface area contributed by atoms with Crippen LogP contribution in [0.4, 0.5) is 11.6 Å². The van der Waals surface area contributed by atoms with Crippen molar-refractivity contribution < 1.29 is 0 Å². The van der Waals surface area contributed by atoms with E-state index in [1.54, 1.807) is 6.33 Å². The van der Waals surface area contributed by atoms with Gasteiger partial charge in [0, 0.05) is 31.7 Å². The number of rotatable bonds is 6. The first-order valence-electron chi connectivity index (χ1n) is 7.71. The third kappa shape index (κ3) is 3.20. The number of aromatic nitrogens is 2. The van der Waals surface area contributed by atoms with Gasteiger partial charge in [0.25, 0.3) is 0 Å². The quantitative estimate of drug-likeness (QED) is 0.858. The van der Waals surface area contributed by atoms with Crippen LogP contribution in [0.3, 0.4) is 0 Å². The van der Waals surface area contributed by atoms with Crippen molar-refractivity contribution >= 4 is 11.6 Å². The van der Waals surface area contributed by atoms with Crippen molar-refractivity contribution in [3.63, 3.8) is 0 Å². The summed E-state index contributed by atoms with van der Waals surface area (Å²) in [5, 5.41) is 3.49. The first-order valence-corrected chi connectivity index (χ1v) is 7.71. The van der Waals surface area contributed by atoms with E-state index in [1.807, 2.05) is 0 Å². The Labute approximate surface area is 121 Å². The van der Waals surface area contributed by atoms with Crippen molar-refractivity contribution in [2.75, 3.05) is 43.9 Å². The first-order chi connectivity index (χ1) is 9.74. The Morgan fingerprint density at radius 2 is 2.05 bits per heavy atom. The second-order valence-corrected chi connectivity index (χ2v) is 6.20. The Morgan fingerprint density at radius 3 is 2.70 bits per heavy atom. The van der Waals surface area contributed by atoms with E-state index in [-0.39, 0.29) is 0 Å². The molecule has 110 valence electrons.